The second kappa shape index (κ2) is 5.08. The number of rotatable bonds is 5. The molecule has 3 N–H and O–H groups in total. The van der Waals surface area contributed by atoms with Crippen molar-refractivity contribution in [2.45, 2.75) is 31.6 Å². The van der Waals surface area contributed by atoms with Crippen LogP contribution < -0.4 is 10.5 Å². The average molecular weight is 293 g/mol. The standard InChI is InChI=1S/C14H19N3O2S/c1-10(2)14(5-6-14)9-17-20(18,19)13-4-3-11(8-15)7-12(13)16/h3-4,7,10,17H,5-6,9,16H2,1-2H3. The Bertz CT molecular complexity index is 655. The quantitative estimate of drug-likeness (QED) is 0.810. The van der Waals surface area contributed by atoms with Crippen LogP contribution in [0.1, 0.15) is 32.3 Å². The molecule has 0 saturated heterocycles. The number of nitrogen functional groups attached to an aromatic ring is 1. The van der Waals surface area contributed by atoms with E-state index in [9.17, 15) is 8.42 Å². The Morgan fingerprint density at radius 2 is 2.10 bits per heavy atom. The molecule has 5 nitrogen and oxygen atoms in total. The van der Waals surface area contributed by atoms with E-state index in [1.807, 2.05) is 6.07 Å². The third-order valence-corrected chi connectivity index (χ3v) is 5.63. The van der Waals surface area contributed by atoms with Crippen LogP contribution in [0.15, 0.2) is 23.1 Å². The van der Waals surface area contributed by atoms with Gasteiger partial charge >= 0.3 is 0 Å². The number of nitrogens with two attached hydrogens (primary N) is 1. The van der Waals surface area contributed by atoms with Gasteiger partial charge in [-0.25, -0.2) is 13.1 Å². The van der Waals surface area contributed by atoms with Gasteiger partial charge in [0.25, 0.3) is 0 Å². The molecule has 1 aromatic carbocycles. The normalized spacial score (nSPS) is 16.9. The minimum Gasteiger partial charge on any atom is -0.398 e. The molecule has 1 aliphatic carbocycles. The summed E-state index contributed by atoms with van der Waals surface area (Å²) in [6.45, 7) is 4.65. The third-order valence-electron chi connectivity index (χ3n) is 4.16. The maximum absolute atomic E-state index is 12.3. The van der Waals surface area contributed by atoms with Crippen LogP contribution in [0.5, 0.6) is 0 Å². The van der Waals surface area contributed by atoms with Crippen LogP contribution in [-0.4, -0.2) is 15.0 Å². The van der Waals surface area contributed by atoms with Crippen molar-refractivity contribution in [1.29, 1.82) is 5.26 Å². The highest BCUT2D eigenvalue weighted by atomic mass is 32.2. The Labute approximate surface area is 119 Å². The maximum atomic E-state index is 12.3. The van der Waals surface area contributed by atoms with Crippen molar-refractivity contribution in [3.05, 3.63) is 23.8 Å². The summed E-state index contributed by atoms with van der Waals surface area (Å²) in [5.41, 5.74) is 6.27. The molecule has 1 aromatic rings. The molecule has 0 spiro atoms. The number of hydrogen-bond acceptors (Lipinski definition) is 4. The van der Waals surface area contributed by atoms with Gasteiger partial charge in [-0.2, -0.15) is 5.26 Å². The summed E-state index contributed by atoms with van der Waals surface area (Å²) in [4.78, 5) is 0.0380. The number of anilines is 1. The zero-order chi connectivity index (χ0) is 15.0. The van der Waals surface area contributed by atoms with Crippen LogP contribution in [-0.2, 0) is 10.0 Å². The van der Waals surface area contributed by atoms with Gasteiger partial charge in [0.2, 0.25) is 10.0 Å². The number of nitrogens with zero attached hydrogens (tertiary/aromatic N) is 1. The highest BCUT2D eigenvalue weighted by Gasteiger charge is 2.45. The molecule has 0 aromatic heterocycles. The van der Waals surface area contributed by atoms with Gasteiger partial charge in [-0.1, -0.05) is 13.8 Å². The van der Waals surface area contributed by atoms with Crippen LogP contribution in [0.4, 0.5) is 5.69 Å². The van der Waals surface area contributed by atoms with E-state index in [2.05, 4.69) is 18.6 Å². The number of nitriles is 1. The molecular formula is C14H19N3O2S. The van der Waals surface area contributed by atoms with E-state index >= 15 is 0 Å². The molecule has 0 unspecified atom stereocenters. The Hall–Kier alpha value is -1.58. The minimum atomic E-state index is -3.63. The summed E-state index contributed by atoms with van der Waals surface area (Å²) in [6.07, 6.45) is 2.10. The van der Waals surface area contributed by atoms with E-state index in [1.54, 1.807) is 0 Å². The van der Waals surface area contributed by atoms with Gasteiger partial charge in [0.05, 0.1) is 17.3 Å². The van der Waals surface area contributed by atoms with Crippen LogP contribution in [0.25, 0.3) is 0 Å². The van der Waals surface area contributed by atoms with Gasteiger partial charge in [-0.3, -0.25) is 0 Å². The predicted octanol–water partition coefficient (Wildman–Crippen LogP) is 1.85. The minimum absolute atomic E-state index is 0.0380. The highest BCUT2D eigenvalue weighted by molar-refractivity contribution is 7.89. The molecule has 20 heavy (non-hydrogen) atoms. The van der Waals surface area contributed by atoms with Crippen molar-refractivity contribution >= 4 is 15.7 Å². The van der Waals surface area contributed by atoms with Crippen LogP contribution in [0, 0.1) is 22.7 Å². The molecule has 1 aliphatic rings. The monoisotopic (exact) mass is 293 g/mol. The van der Waals surface area contributed by atoms with E-state index in [-0.39, 0.29) is 16.0 Å². The number of hydrogen-bond donors (Lipinski definition) is 2. The smallest absolute Gasteiger partial charge is 0.242 e. The molecule has 0 atom stereocenters. The van der Waals surface area contributed by atoms with Gasteiger partial charge in [0.1, 0.15) is 4.90 Å². The lowest BCUT2D eigenvalue weighted by atomic mass is 9.93. The van der Waals surface area contributed by atoms with E-state index in [1.165, 1.54) is 18.2 Å². The van der Waals surface area contributed by atoms with E-state index in [0.717, 1.165) is 12.8 Å². The average Bonchev–Trinajstić information content (AvgIpc) is 3.17. The van der Waals surface area contributed by atoms with Crippen molar-refractivity contribution < 1.29 is 8.42 Å². The van der Waals surface area contributed by atoms with Crippen molar-refractivity contribution in [3.8, 4) is 6.07 Å². The van der Waals surface area contributed by atoms with Crippen molar-refractivity contribution in [3.63, 3.8) is 0 Å². The first-order chi connectivity index (χ1) is 9.31. The summed E-state index contributed by atoms with van der Waals surface area (Å²) < 4.78 is 27.2. The molecule has 0 bridgehead atoms. The maximum Gasteiger partial charge on any atom is 0.242 e. The second-order valence-electron chi connectivity index (χ2n) is 5.71. The summed E-state index contributed by atoms with van der Waals surface area (Å²) in [5.74, 6) is 0.448. The molecule has 1 fully saturated rings. The Kier molecular flexibility index (Phi) is 3.76. The predicted molar refractivity (Wildman–Crippen MR) is 77.3 cm³/mol. The van der Waals surface area contributed by atoms with Gasteiger partial charge in [0, 0.05) is 6.54 Å². The Balaban J connectivity index is 2.17. The SMILES string of the molecule is CC(C)C1(CNS(=O)(=O)c2ccc(C#N)cc2N)CC1. The number of benzene rings is 1. The lowest BCUT2D eigenvalue weighted by molar-refractivity contribution is 0.357. The zero-order valence-electron chi connectivity index (χ0n) is 11.7. The molecular weight excluding hydrogens is 274 g/mol. The van der Waals surface area contributed by atoms with Gasteiger partial charge < -0.3 is 5.73 Å². The molecule has 0 amide bonds. The van der Waals surface area contributed by atoms with Crippen LogP contribution in [0.3, 0.4) is 0 Å². The lowest BCUT2D eigenvalue weighted by Crippen LogP contribution is -2.33. The molecule has 6 heteroatoms. The van der Waals surface area contributed by atoms with E-state index in [0.29, 0.717) is 18.0 Å². The third kappa shape index (κ3) is 2.79. The largest absolute Gasteiger partial charge is 0.398 e. The van der Waals surface area contributed by atoms with Gasteiger partial charge in [-0.05, 0) is 42.4 Å². The zero-order valence-corrected chi connectivity index (χ0v) is 12.5. The molecule has 0 heterocycles. The second-order valence-corrected chi connectivity index (χ2v) is 7.44. The molecule has 2 rings (SSSR count). The first kappa shape index (κ1) is 14.8. The van der Waals surface area contributed by atoms with Crippen molar-refractivity contribution in [1.82, 2.24) is 4.72 Å². The summed E-state index contributed by atoms with van der Waals surface area (Å²) in [5, 5.41) is 8.76. The van der Waals surface area contributed by atoms with Crippen molar-refractivity contribution in [2.24, 2.45) is 11.3 Å². The van der Waals surface area contributed by atoms with E-state index < -0.39 is 10.0 Å². The summed E-state index contributed by atoms with van der Waals surface area (Å²) in [6, 6.07) is 6.15. The fourth-order valence-corrected chi connectivity index (χ4v) is 3.55. The fourth-order valence-electron chi connectivity index (χ4n) is 2.30. The van der Waals surface area contributed by atoms with Crippen LogP contribution >= 0.6 is 0 Å². The topological polar surface area (TPSA) is 96.0 Å². The Morgan fingerprint density at radius 3 is 2.55 bits per heavy atom. The molecule has 1 saturated carbocycles. The summed E-state index contributed by atoms with van der Waals surface area (Å²) >= 11 is 0. The lowest BCUT2D eigenvalue weighted by Gasteiger charge is -2.20. The summed E-state index contributed by atoms with van der Waals surface area (Å²) in [7, 11) is -3.63. The molecule has 108 valence electrons. The fraction of sp³-hybridized carbons (Fsp3) is 0.500. The first-order valence-electron chi connectivity index (χ1n) is 6.60. The van der Waals surface area contributed by atoms with Crippen molar-refractivity contribution in [2.75, 3.05) is 12.3 Å². The highest BCUT2D eigenvalue weighted by Crippen LogP contribution is 2.51. The molecule has 0 aliphatic heterocycles. The van der Waals surface area contributed by atoms with Crippen LogP contribution in [0.2, 0.25) is 0 Å². The Morgan fingerprint density at radius 1 is 1.45 bits per heavy atom. The number of sulfonamides is 1. The van der Waals surface area contributed by atoms with Gasteiger partial charge in [0.15, 0.2) is 0 Å². The van der Waals surface area contributed by atoms with Gasteiger partial charge in [-0.15, -0.1) is 0 Å². The van der Waals surface area contributed by atoms with E-state index in [4.69, 9.17) is 11.0 Å². The first-order valence-corrected chi connectivity index (χ1v) is 8.08. The number of nitrogens with one attached hydrogen (secondary N) is 1. The molecule has 0 radical (unpaired) electrons.